The van der Waals surface area contributed by atoms with Crippen molar-refractivity contribution in [3.63, 3.8) is 0 Å². The van der Waals surface area contributed by atoms with Crippen LogP contribution in [0, 0.1) is 29.2 Å². The number of halogens is 7. The molecule has 5 rings (SSSR count). The summed E-state index contributed by atoms with van der Waals surface area (Å²) in [6, 6.07) is 11.9. The van der Waals surface area contributed by atoms with Gasteiger partial charge in [0.25, 0.3) is 0 Å². The second-order valence-electron chi connectivity index (χ2n) is 11.8. The molecule has 0 bridgehead atoms. The van der Waals surface area contributed by atoms with E-state index in [1.807, 2.05) is 0 Å². The van der Waals surface area contributed by atoms with Crippen molar-refractivity contribution in [2.24, 2.45) is 5.92 Å². The molecule has 2 aliphatic carbocycles. The van der Waals surface area contributed by atoms with Gasteiger partial charge in [0.1, 0.15) is 5.82 Å². The second-order valence-corrected chi connectivity index (χ2v) is 11.8. The molecule has 1 atom stereocenters. The van der Waals surface area contributed by atoms with Crippen LogP contribution in [0.1, 0.15) is 97.1 Å². The molecule has 1 unspecified atom stereocenters. The molecule has 1 nitrogen and oxygen atoms in total. The Hall–Kier alpha value is -3.03. The molecule has 8 heteroatoms. The Morgan fingerprint density at radius 3 is 2.00 bits per heavy atom. The molecule has 0 aromatic heterocycles. The molecular weight excluding hydrogens is 557 g/mol. The lowest BCUT2D eigenvalue weighted by Crippen LogP contribution is -2.23. The average molecular weight is 593 g/mol. The highest BCUT2D eigenvalue weighted by molar-refractivity contribution is 5.41. The maximum Gasteiger partial charge on any atom is 0.573 e. The number of hydrogen-bond donors (Lipinski definition) is 0. The maximum absolute atomic E-state index is 15.7. The fraction of sp³-hybridized carbons (Fsp3) is 0.471. The van der Waals surface area contributed by atoms with Crippen molar-refractivity contribution in [2.75, 3.05) is 0 Å². The van der Waals surface area contributed by atoms with E-state index < -0.39 is 41.3 Å². The summed E-state index contributed by atoms with van der Waals surface area (Å²) in [4.78, 5) is 0. The van der Waals surface area contributed by atoms with E-state index in [0.717, 1.165) is 37.8 Å². The smallest absolute Gasteiger partial charge is 0.403 e. The predicted molar refractivity (Wildman–Crippen MR) is 148 cm³/mol. The van der Waals surface area contributed by atoms with Crippen LogP contribution in [0.4, 0.5) is 30.7 Å². The van der Waals surface area contributed by atoms with E-state index in [9.17, 15) is 17.6 Å². The van der Waals surface area contributed by atoms with Crippen molar-refractivity contribution in [1.29, 1.82) is 0 Å². The number of ether oxygens (including phenoxy) is 1. The molecule has 0 radical (unpaired) electrons. The fourth-order valence-corrected chi connectivity index (χ4v) is 6.82. The number of aryl methyl sites for hydroxylation is 2. The van der Waals surface area contributed by atoms with Gasteiger partial charge in [0.15, 0.2) is 23.2 Å². The molecule has 42 heavy (non-hydrogen) atoms. The van der Waals surface area contributed by atoms with Crippen molar-refractivity contribution in [3.05, 3.63) is 99.1 Å². The summed E-state index contributed by atoms with van der Waals surface area (Å²) in [5.41, 5.74) is 3.25. The van der Waals surface area contributed by atoms with Gasteiger partial charge in [0.05, 0.1) is 0 Å². The third-order valence-corrected chi connectivity index (χ3v) is 9.05. The van der Waals surface area contributed by atoms with E-state index in [2.05, 4.69) is 35.9 Å². The van der Waals surface area contributed by atoms with Gasteiger partial charge < -0.3 is 4.74 Å². The first-order valence-corrected chi connectivity index (χ1v) is 14.8. The monoisotopic (exact) mass is 592 g/mol. The first kappa shape index (κ1) is 30.4. The number of alkyl halides is 3. The standard InChI is InChI=1S/C34H35F7O/c1-2-3-20-4-6-21(7-5-20)8-9-22-10-16-26-27(18-22)32(37)33(38)30(31(26)36)24-13-11-23(12-14-24)25-15-17-29(28(35)19-25)42-34(39,40)41/h4-7,15,17,19,22-24H,2-3,8-14,16,18H2,1H3. The molecule has 0 N–H and O–H groups in total. The van der Waals surface area contributed by atoms with Gasteiger partial charge in [-0.2, -0.15) is 0 Å². The van der Waals surface area contributed by atoms with E-state index >= 15 is 13.2 Å². The highest BCUT2D eigenvalue weighted by Gasteiger charge is 2.35. The zero-order chi connectivity index (χ0) is 30.0. The summed E-state index contributed by atoms with van der Waals surface area (Å²) < 4.78 is 102. The van der Waals surface area contributed by atoms with Crippen molar-refractivity contribution in [3.8, 4) is 5.75 Å². The second kappa shape index (κ2) is 12.7. The molecule has 2 aliphatic rings. The number of benzene rings is 3. The number of fused-ring (bicyclic) bond motifs is 1. The van der Waals surface area contributed by atoms with E-state index in [4.69, 9.17) is 0 Å². The minimum Gasteiger partial charge on any atom is -0.403 e. The van der Waals surface area contributed by atoms with Gasteiger partial charge >= 0.3 is 6.36 Å². The Morgan fingerprint density at radius 1 is 0.738 bits per heavy atom. The van der Waals surface area contributed by atoms with Crippen molar-refractivity contribution < 1.29 is 35.5 Å². The van der Waals surface area contributed by atoms with Crippen LogP contribution in [-0.4, -0.2) is 6.36 Å². The molecule has 0 spiro atoms. The van der Waals surface area contributed by atoms with Gasteiger partial charge in [0, 0.05) is 5.56 Å². The Kier molecular flexibility index (Phi) is 9.19. The highest BCUT2D eigenvalue weighted by atomic mass is 19.4. The van der Waals surface area contributed by atoms with Gasteiger partial charge in [-0.3, -0.25) is 0 Å². The van der Waals surface area contributed by atoms with Crippen LogP contribution in [0.15, 0.2) is 42.5 Å². The normalized spacial score (nSPS) is 20.8. The SMILES string of the molecule is CCCc1ccc(CCC2CCc3c(F)c(C4CCC(c5ccc(OC(F)(F)F)c(F)c5)CC4)c(F)c(F)c3C2)cc1. The lowest BCUT2D eigenvalue weighted by atomic mass is 9.73. The van der Waals surface area contributed by atoms with E-state index in [-0.39, 0.29) is 28.5 Å². The Morgan fingerprint density at radius 2 is 1.38 bits per heavy atom. The third-order valence-electron chi connectivity index (χ3n) is 9.05. The zero-order valence-electron chi connectivity index (χ0n) is 23.6. The third kappa shape index (κ3) is 6.78. The summed E-state index contributed by atoms with van der Waals surface area (Å²) >= 11 is 0. The van der Waals surface area contributed by atoms with E-state index in [1.165, 1.54) is 17.2 Å². The van der Waals surface area contributed by atoms with Crippen molar-refractivity contribution >= 4 is 0 Å². The van der Waals surface area contributed by atoms with Crippen LogP contribution in [-0.2, 0) is 25.7 Å². The number of hydrogen-bond acceptors (Lipinski definition) is 1. The first-order chi connectivity index (χ1) is 20.0. The number of rotatable bonds is 8. The quantitative estimate of drug-likeness (QED) is 0.187. The Balaban J connectivity index is 1.23. The van der Waals surface area contributed by atoms with Crippen LogP contribution < -0.4 is 4.74 Å². The molecule has 1 fully saturated rings. The lowest BCUT2D eigenvalue weighted by Gasteiger charge is -2.32. The summed E-state index contributed by atoms with van der Waals surface area (Å²) in [6.07, 6.45) is 1.80. The topological polar surface area (TPSA) is 9.23 Å². The molecule has 0 amide bonds. The molecular formula is C34H35F7O. The molecule has 1 saturated carbocycles. The zero-order valence-corrected chi connectivity index (χ0v) is 23.6. The molecule has 3 aromatic carbocycles. The summed E-state index contributed by atoms with van der Waals surface area (Å²) in [6.45, 7) is 2.14. The summed E-state index contributed by atoms with van der Waals surface area (Å²) in [5, 5.41) is 0. The van der Waals surface area contributed by atoms with Crippen molar-refractivity contribution in [1.82, 2.24) is 0 Å². The predicted octanol–water partition coefficient (Wildman–Crippen LogP) is 10.3. The summed E-state index contributed by atoms with van der Waals surface area (Å²) in [5.74, 6) is -5.28. The minimum atomic E-state index is -5.00. The Bertz CT molecular complexity index is 1390. The highest BCUT2D eigenvalue weighted by Crippen LogP contribution is 2.45. The first-order valence-electron chi connectivity index (χ1n) is 14.8. The van der Waals surface area contributed by atoms with Crippen molar-refractivity contribution in [2.45, 2.75) is 95.8 Å². The lowest BCUT2D eigenvalue weighted by molar-refractivity contribution is -0.275. The van der Waals surface area contributed by atoms with Gasteiger partial charge in [0.2, 0.25) is 0 Å². The van der Waals surface area contributed by atoms with Crippen LogP contribution in [0.3, 0.4) is 0 Å². The molecule has 3 aromatic rings. The van der Waals surface area contributed by atoms with Gasteiger partial charge in [-0.05, 0) is 122 Å². The largest absolute Gasteiger partial charge is 0.573 e. The van der Waals surface area contributed by atoms with E-state index in [0.29, 0.717) is 50.5 Å². The molecule has 0 saturated heterocycles. The molecule has 226 valence electrons. The van der Waals surface area contributed by atoms with Crippen LogP contribution in [0.25, 0.3) is 0 Å². The average Bonchev–Trinajstić information content (AvgIpc) is 2.96. The minimum absolute atomic E-state index is 0.149. The van der Waals surface area contributed by atoms with Gasteiger partial charge in [-0.1, -0.05) is 43.7 Å². The van der Waals surface area contributed by atoms with Crippen LogP contribution >= 0.6 is 0 Å². The van der Waals surface area contributed by atoms with Gasteiger partial charge in [-0.15, -0.1) is 13.2 Å². The van der Waals surface area contributed by atoms with Gasteiger partial charge in [-0.25, -0.2) is 17.6 Å². The summed E-state index contributed by atoms with van der Waals surface area (Å²) in [7, 11) is 0. The maximum atomic E-state index is 15.7. The Labute approximate surface area is 242 Å². The van der Waals surface area contributed by atoms with Crippen LogP contribution in [0.5, 0.6) is 5.75 Å². The van der Waals surface area contributed by atoms with E-state index in [1.54, 1.807) is 0 Å². The van der Waals surface area contributed by atoms with Crippen LogP contribution in [0.2, 0.25) is 0 Å². The fourth-order valence-electron chi connectivity index (χ4n) is 6.82. The molecule has 0 heterocycles. The molecule has 0 aliphatic heterocycles.